The number of carbonyl (C=O) groups is 1. The molecule has 1 amide bonds. The molecular formula is C25H24N4O. The lowest BCUT2D eigenvalue weighted by atomic mass is 10.1. The number of aryl methyl sites for hydroxylation is 3. The van der Waals surface area contributed by atoms with Crippen LogP contribution in [0.5, 0.6) is 0 Å². The molecule has 5 nitrogen and oxygen atoms in total. The quantitative estimate of drug-likeness (QED) is 0.494. The van der Waals surface area contributed by atoms with Crippen molar-refractivity contribution in [2.75, 3.05) is 5.32 Å². The summed E-state index contributed by atoms with van der Waals surface area (Å²) < 4.78 is 1.72. The van der Waals surface area contributed by atoms with E-state index in [-0.39, 0.29) is 11.7 Å². The summed E-state index contributed by atoms with van der Waals surface area (Å²) in [6.07, 6.45) is 0.955. The van der Waals surface area contributed by atoms with E-state index in [0.29, 0.717) is 5.82 Å². The second kappa shape index (κ2) is 8.33. The van der Waals surface area contributed by atoms with E-state index in [4.69, 9.17) is 0 Å². The van der Waals surface area contributed by atoms with Gasteiger partial charge in [-0.1, -0.05) is 66.6 Å². The molecule has 1 heterocycles. The van der Waals surface area contributed by atoms with Crippen molar-refractivity contribution < 1.29 is 4.79 Å². The molecule has 4 rings (SSSR count). The first-order valence-corrected chi connectivity index (χ1v) is 10.0. The highest BCUT2D eigenvalue weighted by atomic mass is 16.2. The molecule has 0 unspecified atom stereocenters. The topological polar surface area (TPSA) is 59.8 Å². The zero-order valence-electron chi connectivity index (χ0n) is 17.4. The molecule has 150 valence electrons. The first-order chi connectivity index (χ1) is 14.5. The van der Waals surface area contributed by atoms with Crippen LogP contribution >= 0.6 is 0 Å². The fourth-order valence-corrected chi connectivity index (χ4v) is 3.17. The molecule has 0 spiro atoms. The molecule has 0 aliphatic heterocycles. The van der Waals surface area contributed by atoms with Crippen LogP contribution in [0.4, 0.5) is 5.69 Å². The van der Waals surface area contributed by atoms with E-state index in [1.165, 1.54) is 5.56 Å². The lowest BCUT2D eigenvalue weighted by molar-refractivity contribution is 0.101. The van der Waals surface area contributed by atoms with Crippen molar-refractivity contribution in [3.05, 3.63) is 95.3 Å². The second-order valence-electron chi connectivity index (χ2n) is 7.38. The molecule has 0 saturated carbocycles. The molecule has 30 heavy (non-hydrogen) atoms. The molecule has 0 atom stereocenters. The fourth-order valence-electron chi connectivity index (χ4n) is 3.17. The Hall–Kier alpha value is -3.73. The Balaban J connectivity index is 1.71. The van der Waals surface area contributed by atoms with Crippen molar-refractivity contribution in [3.8, 4) is 17.1 Å². The minimum absolute atomic E-state index is 0.130. The van der Waals surface area contributed by atoms with Crippen LogP contribution in [0.25, 0.3) is 17.1 Å². The number of benzene rings is 3. The van der Waals surface area contributed by atoms with Gasteiger partial charge in [0, 0.05) is 11.3 Å². The Morgan fingerprint density at radius 2 is 1.47 bits per heavy atom. The monoisotopic (exact) mass is 396 g/mol. The number of carbonyl (C=O) groups excluding carboxylic acids is 1. The molecule has 1 aromatic heterocycles. The summed E-state index contributed by atoms with van der Waals surface area (Å²) >= 11 is 0. The lowest BCUT2D eigenvalue weighted by Gasteiger charge is -2.06. The average molecular weight is 396 g/mol. The van der Waals surface area contributed by atoms with Crippen molar-refractivity contribution in [2.24, 2.45) is 0 Å². The van der Waals surface area contributed by atoms with Crippen molar-refractivity contribution >= 4 is 11.6 Å². The summed E-state index contributed by atoms with van der Waals surface area (Å²) in [5.74, 6) is 0.425. The van der Waals surface area contributed by atoms with E-state index in [1.54, 1.807) is 4.68 Å². The molecule has 1 N–H and O–H groups in total. The second-order valence-corrected chi connectivity index (χ2v) is 7.38. The van der Waals surface area contributed by atoms with E-state index in [0.717, 1.165) is 34.5 Å². The summed E-state index contributed by atoms with van der Waals surface area (Å²) in [6.45, 7) is 6.17. The summed E-state index contributed by atoms with van der Waals surface area (Å²) in [5, 5.41) is 7.43. The Bertz CT molecular complexity index is 1090. The van der Waals surface area contributed by atoms with Crippen LogP contribution < -0.4 is 5.32 Å². The first kappa shape index (κ1) is 19.6. The molecule has 0 aliphatic carbocycles. The van der Waals surface area contributed by atoms with Crippen LogP contribution in [0.3, 0.4) is 0 Å². The summed E-state index contributed by atoms with van der Waals surface area (Å²) in [6, 6.07) is 23.8. The predicted molar refractivity (Wildman–Crippen MR) is 120 cm³/mol. The predicted octanol–water partition coefficient (Wildman–Crippen LogP) is 5.37. The van der Waals surface area contributed by atoms with Crippen LogP contribution in [-0.2, 0) is 6.42 Å². The van der Waals surface area contributed by atoms with Gasteiger partial charge in [-0.2, -0.15) is 0 Å². The van der Waals surface area contributed by atoms with Crippen molar-refractivity contribution in [1.29, 1.82) is 0 Å². The highest BCUT2D eigenvalue weighted by Gasteiger charge is 2.19. The number of amides is 1. The van der Waals surface area contributed by atoms with E-state index in [1.807, 2.05) is 86.6 Å². The van der Waals surface area contributed by atoms with E-state index < -0.39 is 0 Å². The minimum Gasteiger partial charge on any atom is -0.319 e. The number of nitrogens with zero attached hydrogens (tertiary/aromatic N) is 3. The highest BCUT2D eigenvalue weighted by Crippen LogP contribution is 2.22. The summed E-state index contributed by atoms with van der Waals surface area (Å²) in [5.41, 5.74) is 6.02. The molecule has 5 heteroatoms. The van der Waals surface area contributed by atoms with Crippen LogP contribution in [-0.4, -0.2) is 20.7 Å². The van der Waals surface area contributed by atoms with E-state index in [9.17, 15) is 4.79 Å². The number of anilines is 1. The molecular weight excluding hydrogens is 372 g/mol. The van der Waals surface area contributed by atoms with Gasteiger partial charge in [-0.05, 0) is 50.1 Å². The third-order valence-electron chi connectivity index (χ3n) is 5.02. The van der Waals surface area contributed by atoms with Gasteiger partial charge < -0.3 is 5.32 Å². The molecule has 0 radical (unpaired) electrons. The van der Waals surface area contributed by atoms with Crippen molar-refractivity contribution in [3.63, 3.8) is 0 Å². The normalized spacial score (nSPS) is 10.8. The van der Waals surface area contributed by atoms with Crippen molar-refractivity contribution in [2.45, 2.75) is 27.2 Å². The van der Waals surface area contributed by atoms with E-state index >= 15 is 0 Å². The van der Waals surface area contributed by atoms with Crippen LogP contribution in [0.15, 0.2) is 72.8 Å². The third kappa shape index (κ3) is 4.15. The maximum atomic E-state index is 12.9. The zero-order valence-corrected chi connectivity index (χ0v) is 17.4. The maximum Gasteiger partial charge on any atom is 0.295 e. The average Bonchev–Trinajstić information content (AvgIpc) is 3.21. The van der Waals surface area contributed by atoms with Crippen LogP contribution in [0.2, 0.25) is 0 Å². The standard InChI is InChI=1S/C25H24N4O/c1-4-19-9-13-21(14-10-19)26-25(30)23-27-24(20-11-5-17(2)6-12-20)29(28-23)22-15-7-18(3)8-16-22/h5-16H,4H2,1-3H3,(H,26,30). The lowest BCUT2D eigenvalue weighted by Crippen LogP contribution is -2.14. The number of hydrogen-bond acceptors (Lipinski definition) is 3. The van der Waals surface area contributed by atoms with Gasteiger partial charge in [-0.3, -0.25) is 4.79 Å². The number of rotatable bonds is 5. The largest absolute Gasteiger partial charge is 0.319 e. The Morgan fingerprint density at radius 3 is 2.07 bits per heavy atom. The first-order valence-electron chi connectivity index (χ1n) is 10.0. The SMILES string of the molecule is CCc1ccc(NC(=O)c2nc(-c3ccc(C)cc3)n(-c3ccc(C)cc3)n2)cc1. The molecule has 0 saturated heterocycles. The van der Waals surface area contributed by atoms with E-state index in [2.05, 4.69) is 22.3 Å². The fraction of sp³-hybridized carbons (Fsp3) is 0.160. The zero-order chi connectivity index (χ0) is 21.1. The van der Waals surface area contributed by atoms with Gasteiger partial charge in [-0.25, -0.2) is 9.67 Å². The number of nitrogens with one attached hydrogen (secondary N) is 1. The van der Waals surface area contributed by atoms with Crippen molar-refractivity contribution in [1.82, 2.24) is 14.8 Å². The Kier molecular flexibility index (Phi) is 5.44. The summed E-state index contributed by atoms with van der Waals surface area (Å²) in [4.78, 5) is 17.4. The van der Waals surface area contributed by atoms with Crippen LogP contribution in [0, 0.1) is 13.8 Å². The van der Waals surface area contributed by atoms with Gasteiger partial charge in [0.05, 0.1) is 5.69 Å². The van der Waals surface area contributed by atoms with Gasteiger partial charge in [0.2, 0.25) is 5.82 Å². The molecule has 4 aromatic rings. The van der Waals surface area contributed by atoms with Crippen LogP contribution in [0.1, 0.15) is 34.2 Å². The van der Waals surface area contributed by atoms with Gasteiger partial charge in [0.25, 0.3) is 5.91 Å². The number of aromatic nitrogens is 3. The van der Waals surface area contributed by atoms with Gasteiger partial charge in [0.15, 0.2) is 5.82 Å². The smallest absolute Gasteiger partial charge is 0.295 e. The molecule has 3 aromatic carbocycles. The Morgan fingerprint density at radius 1 is 0.867 bits per heavy atom. The third-order valence-corrected chi connectivity index (χ3v) is 5.02. The van der Waals surface area contributed by atoms with Gasteiger partial charge >= 0.3 is 0 Å². The molecule has 0 fully saturated rings. The highest BCUT2D eigenvalue weighted by molar-refractivity contribution is 6.01. The minimum atomic E-state index is -0.335. The number of hydrogen-bond donors (Lipinski definition) is 1. The molecule has 0 aliphatic rings. The Labute approximate surface area is 176 Å². The maximum absolute atomic E-state index is 12.9. The summed E-state index contributed by atoms with van der Waals surface area (Å²) in [7, 11) is 0. The van der Waals surface area contributed by atoms with Gasteiger partial charge in [-0.15, -0.1) is 5.10 Å². The van der Waals surface area contributed by atoms with Gasteiger partial charge in [0.1, 0.15) is 0 Å². The molecule has 0 bridgehead atoms.